The van der Waals surface area contributed by atoms with Crippen LogP contribution in [0, 0.1) is 17.2 Å². The third-order valence-electron chi connectivity index (χ3n) is 5.07. The first-order chi connectivity index (χ1) is 14.6. The number of nitrogens with one attached hydrogen (secondary N) is 2. The van der Waals surface area contributed by atoms with Crippen LogP contribution in [-0.2, 0) is 27.1 Å². The molecule has 3 heterocycles. The number of alkyl carbamates (subject to hydrolysis) is 1. The van der Waals surface area contributed by atoms with Gasteiger partial charge in [0.15, 0.2) is 0 Å². The molecule has 1 aliphatic carbocycles. The second kappa shape index (κ2) is 9.43. The maximum atomic E-state index is 12.3. The predicted octanol–water partition coefficient (Wildman–Crippen LogP) is 3.56. The summed E-state index contributed by atoms with van der Waals surface area (Å²) < 4.78 is 10.4. The molecular weight excluding hydrogens is 422 g/mol. The Morgan fingerprint density at radius 2 is 2.27 bits per heavy atom. The second-order valence-electron chi connectivity index (χ2n) is 7.24. The van der Waals surface area contributed by atoms with Crippen molar-refractivity contribution in [3.05, 3.63) is 44.5 Å². The summed E-state index contributed by atoms with van der Waals surface area (Å²) in [5.41, 5.74) is 1.56. The molecule has 0 aromatic carbocycles. The Morgan fingerprint density at radius 3 is 2.97 bits per heavy atom. The molecule has 1 aliphatic heterocycles. The molecule has 1 atom stereocenters. The first-order valence-electron chi connectivity index (χ1n) is 9.70. The largest absolute Gasteiger partial charge is 0.449 e. The van der Waals surface area contributed by atoms with E-state index in [1.807, 2.05) is 17.5 Å². The zero-order chi connectivity index (χ0) is 20.9. The van der Waals surface area contributed by atoms with Crippen molar-refractivity contribution >= 4 is 45.8 Å². The van der Waals surface area contributed by atoms with Gasteiger partial charge in [0.1, 0.15) is 11.1 Å². The molecule has 156 valence electrons. The van der Waals surface area contributed by atoms with Crippen LogP contribution in [0.2, 0.25) is 0 Å². The lowest BCUT2D eigenvalue weighted by atomic mass is 9.88. The molecule has 0 radical (unpaired) electrons. The number of rotatable bonds is 6. The third kappa shape index (κ3) is 4.90. The van der Waals surface area contributed by atoms with E-state index in [4.69, 9.17) is 9.47 Å². The van der Waals surface area contributed by atoms with Crippen molar-refractivity contribution in [2.75, 3.05) is 25.1 Å². The lowest BCUT2D eigenvalue weighted by Crippen LogP contribution is -2.49. The summed E-state index contributed by atoms with van der Waals surface area (Å²) in [7, 11) is 0. The fraction of sp³-hybridized carbons (Fsp3) is 0.381. The summed E-state index contributed by atoms with van der Waals surface area (Å²) in [6.45, 7) is 1.40. The first kappa shape index (κ1) is 20.6. The zero-order valence-corrected chi connectivity index (χ0v) is 17.8. The van der Waals surface area contributed by atoms with Gasteiger partial charge >= 0.3 is 6.09 Å². The van der Waals surface area contributed by atoms with Crippen molar-refractivity contribution in [1.29, 1.82) is 5.26 Å². The summed E-state index contributed by atoms with van der Waals surface area (Å²) in [5, 5.41) is 17.8. The highest BCUT2D eigenvalue weighted by Gasteiger charge is 2.28. The number of nitrogens with zero attached hydrogens (tertiary/aromatic N) is 1. The zero-order valence-electron chi connectivity index (χ0n) is 16.2. The van der Waals surface area contributed by atoms with Crippen LogP contribution in [0.3, 0.4) is 0 Å². The summed E-state index contributed by atoms with van der Waals surface area (Å²) in [6.07, 6.45) is 5.13. The molecule has 0 saturated carbocycles. The SMILES string of the molecule is N#Cc1c(NC(=O)C=Cc2cccs2)sc2c1CCC(COC(=O)NC1COC1)C2. The van der Waals surface area contributed by atoms with E-state index >= 15 is 0 Å². The van der Waals surface area contributed by atoms with Crippen LogP contribution in [0.15, 0.2) is 23.6 Å². The first-order valence-corrected chi connectivity index (χ1v) is 11.4. The number of nitriles is 1. The van der Waals surface area contributed by atoms with E-state index < -0.39 is 6.09 Å². The van der Waals surface area contributed by atoms with Gasteiger partial charge in [0.05, 0.1) is 31.4 Å². The van der Waals surface area contributed by atoms with Crippen LogP contribution >= 0.6 is 22.7 Å². The fourth-order valence-electron chi connectivity index (χ4n) is 3.42. The highest BCUT2D eigenvalue weighted by Crippen LogP contribution is 2.39. The third-order valence-corrected chi connectivity index (χ3v) is 7.08. The van der Waals surface area contributed by atoms with Gasteiger partial charge in [-0.25, -0.2) is 4.79 Å². The number of hydrogen-bond acceptors (Lipinski definition) is 7. The molecule has 2 amide bonds. The van der Waals surface area contributed by atoms with E-state index in [-0.39, 0.29) is 17.9 Å². The van der Waals surface area contributed by atoms with E-state index in [1.165, 1.54) is 17.4 Å². The number of thiophene rings is 2. The van der Waals surface area contributed by atoms with E-state index in [0.717, 1.165) is 34.6 Å². The monoisotopic (exact) mass is 443 g/mol. The number of hydrogen-bond donors (Lipinski definition) is 2. The topological polar surface area (TPSA) is 100 Å². The molecule has 4 rings (SSSR count). The van der Waals surface area contributed by atoms with E-state index in [1.54, 1.807) is 17.4 Å². The summed E-state index contributed by atoms with van der Waals surface area (Å²) >= 11 is 2.99. The van der Waals surface area contributed by atoms with Crippen LogP contribution < -0.4 is 10.6 Å². The lowest BCUT2D eigenvalue weighted by Gasteiger charge is -2.27. The number of ether oxygens (including phenoxy) is 2. The van der Waals surface area contributed by atoms with Gasteiger partial charge in [-0.3, -0.25) is 4.79 Å². The van der Waals surface area contributed by atoms with Gasteiger partial charge in [-0.1, -0.05) is 6.07 Å². The second-order valence-corrected chi connectivity index (χ2v) is 9.33. The van der Waals surface area contributed by atoms with Gasteiger partial charge in [-0.2, -0.15) is 5.26 Å². The number of carbonyl (C=O) groups excluding carboxylic acids is 2. The molecule has 0 bridgehead atoms. The van der Waals surface area contributed by atoms with E-state index in [9.17, 15) is 14.9 Å². The van der Waals surface area contributed by atoms with Crippen molar-refractivity contribution < 1.29 is 19.1 Å². The van der Waals surface area contributed by atoms with Gasteiger partial charge in [0, 0.05) is 15.8 Å². The van der Waals surface area contributed by atoms with Gasteiger partial charge in [0.25, 0.3) is 0 Å². The minimum Gasteiger partial charge on any atom is -0.449 e. The highest BCUT2D eigenvalue weighted by atomic mass is 32.1. The normalized spacial score (nSPS) is 18.3. The molecule has 1 fully saturated rings. The molecule has 30 heavy (non-hydrogen) atoms. The Morgan fingerprint density at radius 1 is 1.40 bits per heavy atom. The highest BCUT2D eigenvalue weighted by molar-refractivity contribution is 7.16. The maximum absolute atomic E-state index is 12.3. The fourth-order valence-corrected chi connectivity index (χ4v) is 5.35. The molecule has 0 spiro atoms. The molecule has 2 aromatic rings. The quantitative estimate of drug-likeness (QED) is 0.665. The predicted molar refractivity (Wildman–Crippen MR) is 116 cm³/mol. The van der Waals surface area contributed by atoms with Crippen LogP contribution in [0.25, 0.3) is 6.08 Å². The maximum Gasteiger partial charge on any atom is 0.407 e. The van der Waals surface area contributed by atoms with Crippen LogP contribution in [0.5, 0.6) is 0 Å². The smallest absolute Gasteiger partial charge is 0.407 e. The average molecular weight is 444 g/mol. The van der Waals surface area contributed by atoms with Crippen LogP contribution in [-0.4, -0.2) is 37.9 Å². The summed E-state index contributed by atoms with van der Waals surface area (Å²) in [4.78, 5) is 26.2. The minimum atomic E-state index is -0.413. The van der Waals surface area contributed by atoms with E-state index in [2.05, 4.69) is 16.7 Å². The molecule has 2 N–H and O–H groups in total. The molecule has 1 unspecified atom stereocenters. The van der Waals surface area contributed by atoms with Crippen molar-refractivity contribution in [1.82, 2.24) is 5.32 Å². The molecule has 1 saturated heterocycles. The molecule has 2 aliphatic rings. The number of fused-ring (bicyclic) bond motifs is 1. The van der Waals surface area contributed by atoms with Crippen LogP contribution in [0.4, 0.5) is 9.80 Å². The number of anilines is 1. The van der Waals surface area contributed by atoms with Crippen LogP contribution in [0.1, 0.15) is 27.3 Å². The van der Waals surface area contributed by atoms with Gasteiger partial charge in [-0.05, 0) is 48.3 Å². The summed E-state index contributed by atoms with van der Waals surface area (Å²) in [6, 6.07) is 6.15. The summed E-state index contributed by atoms with van der Waals surface area (Å²) in [5.74, 6) is -0.0524. The Kier molecular flexibility index (Phi) is 6.47. The van der Waals surface area contributed by atoms with Crippen molar-refractivity contribution in [3.8, 4) is 6.07 Å². The van der Waals surface area contributed by atoms with Crippen molar-refractivity contribution in [3.63, 3.8) is 0 Å². The lowest BCUT2D eigenvalue weighted by molar-refractivity contribution is -0.111. The average Bonchev–Trinajstić information content (AvgIpc) is 3.34. The van der Waals surface area contributed by atoms with E-state index in [0.29, 0.717) is 30.4 Å². The standard InChI is InChI=1S/C21H21N3O4S2/c22-9-17-16-5-3-13(10-28-21(26)23-14-11-27-12-14)8-18(16)30-20(17)24-19(25)6-4-15-2-1-7-29-15/h1-2,4,6-7,13-14H,3,5,8,10-12H2,(H,23,26)(H,24,25). The number of amides is 2. The Balaban J connectivity index is 1.35. The Hall–Kier alpha value is -2.67. The van der Waals surface area contributed by atoms with Gasteiger partial charge in [-0.15, -0.1) is 22.7 Å². The minimum absolute atomic E-state index is 0.0472. The molecular formula is C21H21N3O4S2. The van der Waals surface area contributed by atoms with Crippen molar-refractivity contribution in [2.45, 2.75) is 25.3 Å². The Bertz CT molecular complexity index is 987. The molecule has 7 nitrogen and oxygen atoms in total. The van der Waals surface area contributed by atoms with Crippen molar-refractivity contribution in [2.24, 2.45) is 5.92 Å². The van der Waals surface area contributed by atoms with Gasteiger partial charge in [0.2, 0.25) is 5.91 Å². The number of carbonyl (C=O) groups is 2. The Labute approximate surface area is 182 Å². The molecule has 2 aromatic heterocycles. The molecule has 9 heteroatoms. The van der Waals surface area contributed by atoms with Gasteiger partial charge < -0.3 is 20.1 Å².